The van der Waals surface area contributed by atoms with E-state index in [1.54, 1.807) is 6.20 Å². The number of nitrogens with zero attached hydrogens (tertiary/aromatic N) is 5. The Bertz CT molecular complexity index is 1160. The minimum Gasteiger partial charge on any atom is -0.483 e. The first kappa shape index (κ1) is 22.2. The number of pyridine rings is 1. The fourth-order valence-corrected chi connectivity index (χ4v) is 3.74. The van der Waals surface area contributed by atoms with Gasteiger partial charge < -0.3 is 9.64 Å². The summed E-state index contributed by atoms with van der Waals surface area (Å²) in [6.07, 6.45) is 2.22. The van der Waals surface area contributed by atoms with Gasteiger partial charge in [-0.25, -0.2) is 14.6 Å². The Morgan fingerprint density at radius 3 is 2.41 bits per heavy atom. The van der Waals surface area contributed by atoms with Gasteiger partial charge in [-0.3, -0.25) is 0 Å². The lowest BCUT2D eigenvalue weighted by molar-refractivity contribution is 0.213. The van der Waals surface area contributed by atoms with E-state index in [1.807, 2.05) is 68.2 Å². The Kier molecular flexibility index (Phi) is 6.97. The molecule has 0 fully saturated rings. The maximum atomic E-state index is 6.26. The van der Waals surface area contributed by atoms with Gasteiger partial charge in [0, 0.05) is 19.2 Å². The highest BCUT2D eigenvalue weighted by Gasteiger charge is 2.20. The summed E-state index contributed by atoms with van der Waals surface area (Å²) in [6, 6.07) is 22.3. The van der Waals surface area contributed by atoms with Gasteiger partial charge in [0.15, 0.2) is 17.8 Å². The molecule has 7 heteroatoms. The Hall–Kier alpha value is -3.03. The molecule has 164 valence electrons. The molecule has 32 heavy (non-hydrogen) atoms. The number of ether oxygens (including phenoxy) is 1. The number of rotatable bonds is 8. The predicted octanol–water partition coefficient (Wildman–Crippen LogP) is 5.34. The Morgan fingerprint density at radius 1 is 1.00 bits per heavy atom. The molecule has 0 radical (unpaired) electrons. The molecule has 0 aliphatic heterocycles. The van der Waals surface area contributed by atoms with Gasteiger partial charge in [0.25, 0.3) is 0 Å². The molecule has 0 aliphatic carbocycles. The smallest absolute Gasteiger partial charge is 0.172 e. The van der Waals surface area contributed by atoms with Crippen LogP contribution in [0.1, 0.15) is 24.7 Å². The van der Waals surface area contributed by atoms with Crippen molar-refractivity contribution in [3.63, 3.8) is 0 Å². The van der Waals surface area contributed by atoms with Crippen molar-refractivity contribution >= 4 is 15.9 Å². The molecule has 1 atom stereocenters. The van der Waals surface area contributed by atoms with Crippen LogP contribution < -0.4 is 4.74 Å². The van der Waals surface area contributed by atoms with Crippen molar-refractivity contribution in [1.82, 2.24) is 24.6 Å². The molecule has 2 aromatic heterocycles. The lowest BCUT2D eigenvalue weighted by Crippen LogP contribution is -2.15. The van der Waals surface area contributed by atoms with Gasteiger partial charge in [-0.2, -0.15) is 5.10 Å². The number of likely N-dealkylation sites (N-methyl/N-ethyl adjacent to an activating group) is 1. The maximum absolute atomic E-state index is 6.26. The van der Waals surface area contributed by atoms with Gasteiger partial charge >= 0.3 is 0 Å². The molecule has 1 unspecified atom stereocenters. The van der Waals surface area contributed by atoms with Crippen LogP contribution in [-0.2, 0) is 6.42 Å². The van der Waals surface area contributed by atoms with Crippen LogP contribution in [0.25, 0.3) is 16.8 Å². The van der Waals surface area contributed by atoms with Gasteiger partial charge in [-0.1, -0.05) is 42.5 Å². The quantitative estimate of drug-likeness (QED) is 0.311. The van der Waals surface area contributed by atoms with Crippen LogP contribution >= 0.6 is 15.9 Å². The lowest BCUT2D eigenvalue weighted by Gasteiger charge is -2.15. The zero-order valence-corrected chi connectivity index (χ0v) is 20.0. The predicted molar refractivity (Wildman–Crippen MR) is 130 cm³/mol. The van der Waals surface area contributed by atoms with E-state index in [4.69, 9.17) is 14.8 Å². The molecule has 0 saturated carbocycles. The summed E-state index contributed by atoms with van der Waals surface area (Å²) in [5, 5.41) is 4.76. The second-order valence-corrected chi connectivity index (χ2v) is 8.65. The third kappa shape index (κ3) is 5.41. The summed E-state index contributed by atoms with van der Waals surface area (Å²) >= 11 is 3.45. The van der Waals surface area contributed by atoms with Crippen LogP contribution in [0.2, 0.25) is 0 Å². The van der Waals surface area contributed by atoms with Crippen molar-refractivity contribution in [2.75, 3.05) is 20.6 Å². The molecule has 0 amide bonds. The number of benzene rings is 2. The number of hydrogen-bond donors (Lipinski definition) is 0. The first-order chi connectivity index (χ1) is 15.5. The number of aromatic nitrogens is 4. The Morgan fingerprint density at radius 2 is 1.72 bits per heavy atom. The van der Waals surface area contributed by atoms with Crippen molar-refractivity contribution in [3.05, 3.63) is 89.2 Å². The highest BCUT2D eigenvalue weighted by molar-refractivity contribution is 9.10. The molecule has 2 aromatic carbocycles. The number of halogens is 1. The Labute approximate surface area is 197 Å². The molecule has 4 rings (SSSR count). The van der Waals surface area contributed by atoms with Crippen LogP contribution in [0.3, 0.4) is 0 Å². The van der Waals surface area contributed by atoms with Crippen molar-refractivity contribution in [1.29, 1.82) is 0 Å². The molecule has 6 nitrogen and oxygen atoms in total. The van der Waals surface area contributed by atoms with Crippen LogP contribution in [-0.4, -0.2) is 45.3 Å². The first-order valence-corrected chi connectivity index (χ1v) is 11.3. The minimum absolute atomic E-state index is 0.287. The summed E-state index contributed by atoms with van der Waals surface area (Å²) in [5.41, 5.74) is 3.22. The minimum atomic E-state index is -0.287. The normalized spacial score (nSPS) is 12.2. The first-order valence-electron chi connectivity index (χ1n) is 10.5. The standard InChI is InChI=1S/C25H26BrN5O/c1-18(32-22-11-9-20(10-12-22)19-7-5-4-6-8-19)25-28-24(14-16-30(2)3)29-31(25)21-13-15-27-23(26)17-21/h4-13,15,17-18H,14,16H2,1-3H3. The summed E-state index contributed by atoms with van der Waals surface area (Å²) < 4.78 is 8.86. The van der Waals surface area contributed by atoms with Crippen molar-refractivity contribution in [2.24, 2.45) is 0 Å². The third-order valence-electron chi connectivity index (χ3n) is 5.05. The van der Waals surface area contributed by atoms with Gasteiger partial charge in [0.1, 0.15) is 10.4 Å². The SMILES string of the molecule is CC(Oc1ccc(-c2ccccc2)cc1)c1nc(CCN(C)C)nn1-c1ccnc(Br)c1. The molecular formula is C25H26BrN5O. The fourth-order valence-electron chi connectivity index (χ4n) is 3.39. The lowest BCUT2D eigenvalue weighted by atomic mass is 10.1. The average molecular weight is 492 g/mol. The van der Waals surface area contributed by atoms with Crippen LogP contribution in [0.15, 0.2) is 77.5 Å². The summed E-state index contributed by atoms with van der Waals surface area (Å²) in [5.74, 6) is 2.33. The molecule has 2 heterocycles. The number of hydrogen-bond acceptors (Lipinski definition) is 5. The molecule has 0 N–H and O–H groups in total. The maximum Gasteiger partial charge on any atom is 0.172 e. The monoisotopic (exact) mass is 491 g/mol. The van der Waals surface area contributed by atoms with E-state index in [0.29, 0.717) is 0 Å². The highest BCUT2D eigenvalue weighted by atomic mass is 79.9. The van der Waals surface area contributed by atoms with E-state index in [1.165, 1.54) is 5.56 Å². The summed E-state index contributed by atoms with van der Waals surface area (Å²) in [6.45, 7) is 2.87. The topological polar surface area (TPSA) is 56.1 Å². The van der Waals surface area contributed by atoms with E-state index in [-0.39, 0.29) is 6.10 Å². The van der Waals surface area contributed by atoms with Crippen LogP contribution in [0, 0.1) is 0 Å². The third-order valence-corrected chi connectivity index (χ3v) is 5.48. The van der Waals surface area contributed by atoms with Gasteiger partial charge in [0.05, 0.1) is 5.69 Å². The largest absolute Gasteiger partial charge is 0.483 e. The van der Waals surface area contributed by atoms with Gasteiger partial charge in [0.2, 0.25) is 0 Å². The van der Waals surface area contributed by atoms with E-state index in [0.717, 1.165) is 46.2 Å². The van der Waals surface area contributed by atoms with Crippen molar-refractivity contribution in [3.8, 4) is 22.6 Å². The van der Waals surface area contributed by atoms with E-state index >= 15 is 0 Å². The molecule has 0 spiro atoms. The molecule has 0 saturated heterocycles. The zero-order valence-electron chi connectivity index (χ0n) is 18.4. The average Bonchev–Trinajstić information content (AvgIpc) is 3.23. The molecule has 0 aliphatic rings. The Balaban J connectivity index is 1.58. The van der Waals surface area contributed by atoms with Crippen LogP contribution in [0.4, 0.5) is 0 Å². The molecule has 4 aromatic rings. The zero-order chi connectivity index (χ0) is 22.5. The van der Waals surface area contributed by atoms with Crippen molar-refractivity contribution in [2.45, 2.75) is 19.4 Å². The fraction of sp³-hybridized carbons (Fsp3) is 0.240. The second kappa shape index (κ2) is 10.1. The van der Waals surface area contributed by atoms with Gasteiger partial charge in [-0.05, 0) is 72.3 Å². The highest BCUT2D eigenvalue weighted by Crippen LogP contribution is 2.26. The second-order valence-electron chi connectivity index (χ2n) is 7.84. The van der Waals surface area contributed by atoms with Crippen molar-refractivity contribution < 1.29 is 4.74 Å². The van der Waals surface area contributed by atoms with Crippen LogP contribution in [0.5, 0.6) is 5.75 Å². The molecule has 0 bridgehead atoms. The van der Waals surface area contributed by atoms with E-state index in [2.05, 4.69) is 50.1 Å². The van der Waals surface area contributed by atoms with E-state index in [9.17, 15) is 0 Å². The van der Waals surface area contributed by atoms with Gasteiger partial charge in [-0.15, -0.1) is 0 Å². The summed E-state index contributed by atoms with van der Waals surface area (Å²) in [7, 11) is 4.09. The van der Waals surface area contributed by atoms with E-state index < -0.39 is 0 Å². The molecular weight excluding hydrogens is 466 g/mol. The summed E-state index contributed by atoms with van der Waals surface area (Å²) in [4.78, 5) is 11.2.